The summed E-state index contributed by atoms with van der Waals surface area (Å²) < 4.78 is 27.5. The molecule has 0 unspecified atom stereocenters. The summed E-state index contributed by atoms with van der Waals surface area (Å²) in [7, 11) is -3.98. The van der Waals surface area contributed by atoms with Gasteiger partial charge in [0.1, 0.15) is 0 Å². The Morgan fingerprint density at radius 3 is 2.44 bits per heavy atom. The van der Waals surface area contributed by atoms with Gasteiger partial charge in [-0.05, 0) is 36.6 Å². The number of hydrogen-bond donors (Lipinski definition) is 1. The molecule has 2 aromatic carbocycles. The Morgan fingerprint density at radius 2 is 1.85 bits per heavy atom. The van der Waals surface area contributed by atoms with Gasteiger partial charge in [-0.1, -0.05) is 36.4 Å². The predicted octanol–water partition coefficient (Wildman–Crippen LogP) is 2.69. The zero-order valence-corrected chi connectivity index (χ0v) is 16.4. The lowest BCUT2D eigenvalue weighted by Gasteiger charge is -2.17. The van der Waals surface area contributed by atoms with Gasteiger partial charge in [-0.25, -0.2) is 8.42 Å². The zero-order valence-electron chi connectivity index (χ0n) is 14.8. The van der Waals surface area contributed by atoms with E-state index in [-0.39, 0.29) is 42.2 Å². The number of nitrogens with zero attached hydrogens (tertiary/aromatic N) is 2. The van der Waals surface area contributed by atoms with E-state index in [2.05, 4.69) is 0 Å². The SMILES string of the molecule is Cc1ccc(S(=O)(=O)N2C[C@@H](CN)[C@H](c3ccccc3)C2)c([N+](=O)[O-])c1.Cl. The molecular weight excluding hydrogens is 390 g/mol. The van der Waals surface area contributed by atoms with E-state index in [0.29, 0.717) is 12.1 Å². The maximum Gasteiger partial charge on any atom is 0.289 e. The van der Waals surface area contributed by atoms with Crippen LogP contribution in [0.3, 0.4) is 0 Å². The molecular formula is C18H22ClN3O4S. The van der Waals surface area contributed by atoms with Crippen LogP contribution < -0.4 is 5.73 Å². The van der Waals surface area contributed by atoms with Crippen molar-refractivity contribution in [3.05, 3.63) is 69.8 Å². The number of nitro groups is 1. The van der Waals surface area contributed by atoms with E-state index in [9.17, 15) is 18.5 Å². The normalized spacial score (nSPS) is 20.2. The van der Waals surface area contributed by atoms with Crippen molar-refractivity contribution in [1.82, 2.24) is 4.31 Å². The summed E-state index contributed by atoms with van der Waals surface area (Å²) >= 11 is 0. The summed E-state index contributed by atoms with van der Waals surface area (Å²) in [5.41, 5.74) is 7.15. The van der Waals surface area contributed by atoms with Crippen molar-refractivity contribution < 1.29 is 13.3 Å². The Morgan fingerprint density at radius 1 is 1.19 bits per heavy atom. The van der Waals surface area contributed by atoms with E-state index in [1.54, 1.807) is 13.0 Å². The summed E-state index contributed by atoms with van der Waals surface area (Å²) in [6.07, 6.45) is 0. The molecule has 1 fully saturated rings. The second-order valence-electron chi connectivity index (χ2n) is 6.56. The van der Waals surface area contributed by atoms with Gasteiger partial charge in [-0.3, -0.25) is 10.1 Å². The zero-order chi connectivity index (χ0) is 18.9. The highest BCUT2D eigenvalue weighted by Crippen LogP contribution is 2.37. The van der Waals surface area contributed by atoms with Crippen molar-refractivity contribution in [3.8, 4) is 0 Å². The number of aryl methyl sites for hydroxylation is 1. The molecule has 0 spiro atoms. The minimum atomic E-state index is -3.98. The Kier molecular flexibility index (Phi) is 6.59. The highest BCUT2D eigenvalue weighted by atomic mass is 35.5. The highest BCUT2D eigenvalue weighted by molar-refractivity contribution is 7.89. The minimum Gasteiger partial charge on any atom is -0.330 e. The van der Waals surface area contributed by atoms with Crippen LogP contribution >= 0.6 is 12.4 Å². The summed E-state index contributed by atoms with van der Waals surface area (Å²) in [4.78, 5) is 10.4. The van der Waals surface area contributed by atoms with E-state index < -0.39 is 20.6 Å². The maximum atomic E-state index is 13.1. The van der Waals surface area contributed by atoms with Gasteiger partial charge in [0.05, 0.1) is 4.92 Å². The smallest absolute Gasteiger partial charge is 0.289 e. The van der Waals surface area contributed by atoms with E-state index in [4.69, 9.17) is 5.73 Å². The molecule has 1 saturated heterocycles. The molecule has 0 radical (unpaired) electrons. The molecule has 0 aromatic heterocycles. The first-order valence-electron chi connectivity index (χ1n) is 8.34. The minimum absolute atomic E-state index is 0. The van der Waals surface area contributed by atoms with Gasteiger partial charge in [0.15, 0.2) is 4.90 Å². The number of nitrogens with two attached hydrogens (primary N) is 1. The van der Waals surface area contributed by atoms with Crippen LogP contribution in [-0.4, -0.2) is 37.3 Å². The van der Waals surface area contributed by atoms with Crippen LogP contribution in [0.4, 0.5) is 5.69 Å². The largest absolute Gasteiger partial charge is 0.330 e. The fourth-order valence-corrected chi connectivity index (χ4v) is 5.13. The molecule has 2 aromatic rings. The topological polar surface area (TPSA) is 107 Å². The van der Waals surface area contributed by atoms with Crippen molar-refractivity contribution in [2.45, 2.75) is 17.7 Å². The Balaban J connectivity index is 0.00000261. The maximum absolute atomic E-state index is 13.1. The fourth-order valence-electron chi connectivity index (χ4n) is 3.47. The first-order chi connectivity index (χ1) is 12.3. The number of rotatable bonds is 5. The molecule has 9 heteroatoms. The molecule has 1 aliphatic rings. The van der Waals surface area contributed by atoms with Gasteiger partial charge in [0, 0.05) is 25.1 Å². The van der Waals surface area contributed by atoms with Gasteiger partial charge in [-0.2, -0.15) is 4.31 Å². The number of sulfonamides is 1. The van der Waals surface area contributed by atoms with Crippen molar-refractivity contribution in [2.75, 3.05) is 19.6 Å². The van der Waals surface area contributed by atoms with E-state index in [0.717, 1.165) is 5.56 Å². The third-order valence-electron chi connectivity index (χ3n) is 4.87. The summed E-state index contributed by atoms with van der Waals surface area (Å²) in [5, 5.41) is 11.3. The average molecular weight is 412 g/mol. The van der Waals surface area contributed by atoms with Crippen molar-refractivity contribution in [3.63, 3.8) is 0 Å². The van der Waals surface area contributed by atoms with E-state index in [1.807, 2.05) is 30.3 Å². The standard InChI is InChI=1S/C18H21N3O4S.ClH/c1-13-7-8-18(17(9-13)21(22)23)26(24,25)20-11-15(10-19)16(12-20)14-5-3-2-4-6-14;/h2-9,15-16H,10-12,19H2,1H3;1H/t15-,16+;/m1./s1. The first kappa shape index (κ1) is 21.3. The Labute approximate surface area is 164 Å². The fraction of sp³-hybridized carbons (Fsp3) is 0.333. The molecule has 27 heavy (non-hydrogen) atoms. The number of nitro benzene ring substituents is 1. The van der Waals surface area contributed by atoms with E-state index in [1.165, 1.54) is 16.4 Å². The summed E-state index contributed by atoms with van der Waals surface area (Å²) in [6.45, 7) is 2.55. The summed E-state index contributed by atoms with van der Waals surface area (Å²) in [6, 6.07) is 13.8. The van der Waals surface area contributed by atoms with Crippen LogP contribution in [0, 0.1) is 23.0 Å². The van der Waals surface area contributed by atoms with Gasteiger partial charge in [-0.15, -0.1) is 12.4 Å². The Hall–Kier alpha value is -2.00. The monoisotopic (exact) mass is 411 g/mol. The molecule has 3 rings (SSSR count). The second-order valence-corrected chi connectivity index (χ2v) is 8.47. The van der Waals surface area contributed by atoms with Gasteiger partial charge in [0.2, 0.25) is 10.0 Å². The number of hydrogen-bond acceptors (Lipinski definition) is 5. The molecule has 1 aliphatic heterocycles. The van der Waals surface area contributed by atoms with Crippen LogP contribution in [0.5, 0.6) is 0 Å². The molecule has 146 valence electrons. The number of benzene rings is 2. The molecule has 0 bridgehead atoms. The van der Waals surface area contributed by atoms with Crippen LogP contribution in [0.15, 0.2) is 53.4 Å². The molecule has 0 aliphatic carbocycles. The highest BCUT2D eigenvalue weighted by Gasteiger charge is 2.41. The van der Waals surface area contributed by atoms with Gasteiger partial charge >= 0.3 is 0 Å². The molecule has 0 saturated carbocycles. The molecule has 7 nitrogen and oxygen atoms in total. The van der Waals surface area contributed by atoms with Crippen molar-refractivity contribution in [2.24, 2.45) is 11.7 Å². The van der Waals surface area contributed by atoms with Crippen molar-refractivity contribution in [1.29, 1.82) is 0 Å². The van der Waals surface area contributed by atoms with Crippen LogP contribution in [0.2, 0.25) is 0 Å². The van der Waals surface area contributed by atoms with E-state index >= 15 is 0 Å². The van der Waals surface area contributed by atoms with Crippen LogP contribution in [-0.2, 0) is 10.0 Å². The van der Waals surface area contributed by atoms with Gasteiger partial charge in [0.25, 0.3) is 5.69 Å². The van der Waals surface area contributed by atoms with Crippen LogP contribution in [0.25, 0.3) is 0 Å². The predicted molar refractivity (Wildman–Crippen MR) is 106 cm³/mol. The van der Waals surface area contributed by atoms with Crippen LogP contribution in [0.1, 0.15) is 17.0 Å². The van der Waals surface area contributed by atoms with Gasteiger partial charge < -0.3 is 5.73 Å². The average Bonchev–Trinajstić information content (AvgIpc) is 3.07. The first-order valence-corrected chi connectivity index (χ1v) is 9.79. The number of halogens is 1. The molecule has 0 amide bonds. The quantitative estimate of drug-likeness (QED) is 0.601. The summed E-state index contributed by atoms with van der Waals surface area (Å²) in [5.74, 6) is -0.0582. The lowest BCUT2D eigenvalue weighted by atomic mass is 9.89. The van der Waals surface area contributed by atoms with Crippen molar-refractivity contribution >= 4 is 28.1 Å². The third kappa shape index (κ3) is 4.14. The molecule has 1 heterocycles. The molecule has 2 atom stereocenters. The molecule has 2 N–H and O–H groups in total. The Bertz CT molecular complexity index is 921. The lowest BCUT2D eigenvalue weighted by Crippen LogP contribution is -2.30. The second kappa shape index (κ2) is 8.35. The lowest BCUT2D eigenvalue weighted by molar-refractivity contribution is -0.387. The third-order valence-corrected chi connectivity index (χ3v) is 6.75.